The molecule has 0 aliphatic carbocycles. The van der Waals surface area contributed by atoms with E-state index in [0.717, 1.165) is 12.8 Å². The highest BCUT2D eigenvalue weighted by Gasteiger charge is 2.05. The number of ether oxygens (including phenoxy) is 1. The van der Waals surface area contributed by atoms with E-state index in [0.29, 0.717) is 6.61 Å². The molecule has 0 saturated carbocycles. The highest BCUT2D eigenvalue weighted by molar-refractivity contribution is 5.30. The first-order valence-electron chi connectivity index (χ1n) is 5.36. The first-order valence-corrected chi connectivity index (χ1v) is 5.36. The van der Waals surface area contributed by atoms with Crippen LogP contribution in [0.1, 0.15) is 23.1 Å². The highest BCUT2D eigenvalue weighted by atomic mass is 16.5. The van der Waals surface area contributed by atoms with Gasteiger partial charge in [-0.3, -0.25) is 0 Å². The van der Waals surface area contributed by atoms with E-state index in [2.05, 4.69) is 32.0 Å². The summed E-state index contributed by atoms with van der Waals surface area (Å²) in [5.41, 5.74) is 3.90. The maximum absolute atomic E-state index is 9.55. The van der Waals surface area contributed by atoms with Crippen LogP contribution in [0.5, 0.6) is 0 Å². The van der Waals surface area contributed by atoms with Gasteiger partial charge in [-0.1, -0.05) is 23.8 Å². The lowest BCUT2D eigenvalue weighted by molar-refractivity contribution is 0.0595. The van der Waals surface area contributed by atoms with Gasteiger partial charge in [0.05, 0.1) is 12.7 Å². The Hall–Kier alpha value is -0.860. The molecule has 0 aromatic heterocycles. The van der Waals surface area contributed by atoms with Crippen molar-refractivity contribution in [3.63, 3.8) is 0 Å². The fourth-order valence-corrected chi connectivity index (χ4v) is 1.67. The zero-order valence-corrected chi connectivity index (χ0v) is 9.79. The first kappa shape index (κ1) is 12.2. The van der Waals surface area contributed by atoms with Crippen LogP contribution in [0.3, 0.4) is 0 Å². The number of aliphatic hydroxyl groups is 1. The van der Waals surface area contributed by atoms with Crippen molar-refractivity contribution in [2.75, 3.05) is 13.7 Å². The Kier molecular flexibility index (Phi) is 4.79. The summed E-state index contributed by atoms with van der Waals surface area (Å²) in [5, 5.41) is 9.55. The van der Waals surface area contributed by atoms with Crippen molar-refractivity contribution in [3.8, 4) is 0 Å². The van der Waals surface area contributed by atoms with Crippen LogP contribution in [-0.4, -0.2) is 24.9 Å². The van der Waals surface area contributed by atoms with Gasteiger partial charge in [0.2, 0.25) is 0 Å². The second kappa shape index (κ2) is 5.89. The molecule has 0 aliphatic heterocycles. The maximum atomic E-state index is 9.55. The molecule has 84 valence electrons. The fraction of sp³-hybridized carbons (Fsp3) is 0.538. The lowest BCUT2D eigenvalue weighted by Gasteiger charge is -2.11. The molecule has 1 atom stereocenters. The topological polar surface area (TPSA) is 29.5 Å². The van der Waals surface area contributed by atoms with E-state index in [-0.39, 0.29) is 6.10 Å². The number of benzene rings is 1. The largest absolute Gasteiger partial charge is 0.391 e. The number of hydrogen-bond acceptors (Lipinski definition) is 2. The summed E-state index contributed by atoms with van der Waals surface area (Å²) in [4.78, 5) is 0. The van der Waals surface area contributed by atoms with Crippen molar-refractivity contribution < 1.29 is 9.84 Å². The van der Waals surface area contributed by atoms with Gasteiger partial charge in [0.1, 0.15) is 0 Å². The molecule has 15 heavy (non-hydrogen) atoms. The predicted molar refractivity (Wildman–Crippen MR) is 62.1 cm³/mol. The van der Waals surface area contributed by atoms with Crippen LogP contribution in [0.25, 0.3) is 0 Å². The summed E-state index contributed by atoms with van der Waals surface area (Å²) in [5.74, 6) is 0. The number of aryl methyl sites for hydroxylation is 3. The van der Waals surface area contributed by atoms with Gasteiger partial charge in [-0.2, -0.15) is 0 Å². The van der Waals surface area contributed by atoms with Gasteiger partial charge >= 0.3 is 0 Å². The van der Waals surface area contributed by atoms with E-state index in [1.54, 1.807) is 7.11 Å². The van der Waals surface area contributed by atoms with Crippen molar-refractivity contribution in [2.24, 2.45) is 0 Å². The van der Waals surface area contributed by atoms with Gasteiger partial charge in [-0.15, -0.1) is 0 Å². The molecule has 1 N–H and O–H groups in total. The molecule has 0 amide bonds. The number of hydrogen-bond donors (Lipinski definition) is 1. The van der Waals surface area contributed by atoms with E-state index in [9.17, 15) is 5.11 Å². The molecule has 0 radical (unpaired) electrons. The molecule has 0 fully saturated rings. The van der Waals surface area contributed by atoms with E-state index in [1.807, 2.05) is 0 Å². The molecule has 2 heteroatoms. The highest BCUT2D eigenvalue weighted by Crippen LogP contribution is 2.13. The molecular weight excluding hydrogens is 188 g/mol. The molecule has 1 unspecified atom stereocenters. The zero-order chi connectivity index (χ0) is 11.3. The maximum Gasteiger partial charge on any atom is 0.0776 e. The Morgan fingerprint density at radius 2 is 2.07 bits per heavy atom. The summed E-state index contributed by atoms with van der Waals surface area (Å²) in [7, 11) is 1.61. The van der Waals surface area contributed by atoms with Crippen molar-refractivity contribution >= 4 is 0 Å². The molecule has 0 saturated heterocycles. The SMILES string of the molecule is COCC(O)CCc1cc(C)ccc1C. The second-order valence-electron chi connectivity index (χ2n) is 4.08. The number of aliphatic hydroxyl groups excluding tert-OH is 1. The van der Waals surface area contributed by atoms with Gasteiger partial charge in [-0.25, -0.2) is 0 Å². The van der Waals surface area contributed by atoms with Gasteiger partial charge in [-0.05, 0) is 37.8 Å². The van der Waals surface area contributed by atoms with Crippen LogP contribution in [0, 0.1) is 13.8 Å². The minimum absolute atomic E-state index is 0.352. The van der Waals surface area contributed by atoms with Crippen LogP contribution >= 0.6 is 0 Å². The van der Waals surface area contributed by atoms with Crippen LogP contribution in [0.2, 0.25) is 0 Å². The Labute approximate surface area is 91.9 Å². The van der Waals surface area contributed by atoms with Crippen LogP contribution in [0.4, 0.5) is 0 Å². The van der Waals surface area contributed by atoms with Crippen LogP contribution in [0.15, 0.2) is 18.2 Å². The summed E-state index contributed by atoms with van der Waals surface area (Å²) < 4.78 is 4.90. The molecular formula is C13H20O2. The molecule has 1 aromatic carbocycles. The third kappa shape index (κ3) is 4.02. The average Bonchev–Trinajstić information content (AvgIpc) is 2.20. The Morgan fingerprint density at radius 3 is 2.73 bits per heavy atom. The number of methoxy groups -OCH3 is 1. The van der Waals surface area contributed by atoms with Crippen LogP contribution in [-0.2, 0) is 11.2 Å². The molecule has 0 spiro atoms. The standard InChI is InChI=1S/C13H20O2/c1-10-4-5-11(2)12(8-10)6-7-13(14)9-15-3/h4-5,8,13-14H,6-7,9H2,1-3H3. The molecule has 0 heterocycles. The minimum Gasteiger partial charge on any atom is -0.391 e. The predicted octanol–water partition coefficient (Wildman–Crippen LogP) is 2.24. The summed E-state index contributed by atoms with van der Waals surface area (Å²) >= 11 is 0. The molecule has 1 rings (SSSR count). The molecule has 2 nitrogen and oxygen atoms in total. The van der Waals surface area contributed by atoms with Crippen molar-refractivity contribution in [1.29, 1.82) is 0 Å². The van der Waals surface area contributed by atoms with Gasteiger partial charge in [0.15, 0.2) is 0 Å². The normalized spacial score (nSPS) is 12.8. The minimum atomic E-state index is -0.352. The summed E-state index contributed by atoms with van der Waals surface area (Å²) in [6.45, 7) is 4.62. The van der Waals surface area contributed by atoms with Crippen molar-refractivity contribution in [1.82, 2.24) is 0 Å². The molecule has 0 aliphatic rings. The van der Waals surface area contributed by atoms with E-state index < -0.39 is 0 Å². The summed E-state index contributed by atoms with van der Waals surface area (Å²) in [6.07, 6.45) is 1.32. The fourth-order valence-electron chi connectivity index (χ4n) is 1.67. The van der Waals surface area contributed by atoms with Crippen LogP contribution < -0.4 is 0 Å². The quantitative estimate of drug-likeness (QED) is 0.804. The molecule has 0 bridgehead atoms. The smallest absolute Gasteiger partial charge is 0.0776 e. The Morgan fingerprint density at radius 1 is 1.33 bits per heavy atom. The van der Waals surface area contributed by atoms with E-state index in [1.165, 1.54) is 16.7 Å². The lowest BCUT2D eigenvalue weighted by Crippen LogP contribution is -2.14. The number of rotatable bonds is 5. The second-order valence-corrected chi connectivity index (χ2v) is 4.08. The average molecular weight is 208 g/mol. The first-order chi connectivity index (χ1) is 7.13. The Balaban J connectivity index is 2.53. The molecule has 1 aromatic rings. The van der Waals surface area contributed by atoms with Gasteiger partial charge in [0, 0.05) is 7.11 Å². The summed E-state index contributed by atoms with van der Waals surface area (Å²) in [6, 6.07) is 6.44. The third-order valence-electron chi connectivity index (χ3n) is 2.61. The lowest BCUT2D eigenvalue weighted by atomic mass is 10.00. The van der Waals surface area contributed by atoms with Crippen molar-refractivity contribution in [2.45, 2.75) is 32.8 Å². The Bertz CT molecular complexity index is 307. The van der Waals surface area contributed by atoms with Crippen molar-refractivity contribution in [3.05, 3.63) is 34.9 Å². The van der Waals surface area contributed by atoms with E-state index in [4.69, 9.17) is 4.74 Å². The third-order valence-corrected chi connectivity index (χ3v) is 2.61. The zero-order valence-electron chi connectivity index (χ0n) is 9.79. The van der Waals surface area contributed by atoms with Gasteiger partial charge in [0.25, 0.3) is 0 Å². The monoisotopic (exact) mass is 208 g/mol. The van der Waals surface area contributed by atoms with E-state index >= 15 is 0 Å². The van der Waals surface area contributed by atoms with Gasteiger partial charge < -0.3 is 9.84 Å².